The van der Waals surface area contributed by atoms with Gasteiger partial charge in [-0.15, -0.1) is 11.3 Å². The van der Waals surface area contributed by atoms with E-state index in [0.717, 1.165) is 27.7 Å². The second-order valence-corrected chi connectivity index (χ2v) is 8.40. The first-order chi connectivity index (χ1) is 14.8. The van der Waals surface area contributed by atoms with Crippen LogP contribution in [0.1, 0.15) is 26.7 Å². The lowest BCUT2D eigenvalue weighted by Gasteiger charge is -2.08. The first-order valence-corrected chi connectivity index (χ1v) is 10.5. The summed E-state index contributed by atoms with van der Waals surface area (Å²) in [5, 5.41) is 5.93. The summed E-state index contributed by atoms with van der Waals surface area (Å²) in [5.74, 6) is -0.289. The number of thiazole rings is 1. The molecule has 1 N–H and O–H groups in total. The minimum absolute atomic E-state index is 0.125. The lowest BCUT2D eigenvalue weighted by Crippen LogP contribution is -2.14. The number of aryl methyl sites for hydroxylation is 1. The van der Waals surface area contributed by atoms with Crippen molar-refractivity contribution in [3.8, 4) is 0 Å². The fraction of sp³-hybridized carbons (Fsp3) is 0.167. The Morgan fingerprint density at radius 2 is 1.71 bits per heavy atom. The number of fused-ring (bicyclic) bond motifs is 1. The molecule has 7 heteroatoms. The van der Waals surface area contributed by atoms with Crippen molar-refractivity contribution in [2.24, 2.45) is 0 Å². The van der Waals surface area contributed by atoms with Crippen LogP contribution in [0.4, 0.5) is 18.9 Å². The summed E-state index contributed by atoms with van der Waals surface area (Å²) in [6.07, 6.45) is -3.60. The average Bonchev–Trinajstić information content (AvgIpc) is 3.06. The lowest BCUT2D eigenvalue weighted by atomic mass is 10.0. The second kappa shape index (κ2) is 8.51. The monoisotopic (exact) mass is 440 g/mol. The van der Waals surface area contributed by atoms with Gasteiger partial charge in [-0.1, -0.05) is 42.5 Å². The van der Waals surface area contributed by atoms with E-state index < -0.39 is 11.7 Å². The van der Waals surface area contributed by atoms with Gasteiger partial charge in [-0.3, -0.25) is 4.79 Å². The van der Waals surface area contributed by atoms with E-state index in [4.69, 9.17) is 0 Å². The number of aromatic nitrogens is 1. The van der Waals surface area contributed by atoms with Gasteiger partial charge >= 0.3 is 6.18 Å². The predicted molar refractivity (Wildman–Crippen MR) is 117 cm³/mol. The second-order valence-electron chi connectivity index (χ2n) is 7.23. The minimum atomic E-state index is -4.40. The third kappa shape index (κ3) is 4.94. The van der Waals surface area contributed by atoms with Gasteiger partial charge in [-0.05, 0) is 47.5 Å². The molecule has 0 aliphatic carbocycles. The zero-order valence-electron chi connectivity index (χ0n) is 16.7. The van der Waals surface area contributed by atoms with Crippen molar-refractivity contribution in [1.82, 2.24) is 4.98 Å². The van der Waals surface area contributed by atoms with Crippen molar-refractivity contribution in [1.29, 1.82) is 0 Å². The molecule has 0 radical (unpaired) electrons. The van der Waals surface area contributed by atoms with Gasteiger partial charge in [0.2, 0.25) is 5.91 Å². The van der Waals surface area contributed by atoms with E-state index in [2.05, 4.69) is 34.6 Å². The zero-order chi connectivity index (χ0) is 22.0. The number of benzene rings is 3. The zero-order valence-corrected chi connectivity index (χ0v) is 17.5. The summed E-state index contributed by atoms with van der Waals surface area (Å²) in [4.78, 5) is 17.9. The first kappa shape index (κ1) is 21.1. The molecule has 0 saturated carbocycles. The predicted octanol–water partition coefficient (Wildman–Crippen LogP) is 6.40. The third-order valence-corrected chi connectivity index (χ3v) is 6.13. The van der Waals surface area contributed by atoms with E-state index in [-0.39, 0.29) is 12.3 Å². The minimum Gasteiger partial charge on any atom is -0.326 e. The van der Waals surface area contributed by atoms with Gasteiger partial charge in [0.15, 0.2) is 0 Å². The number of rotatable bonds is 5. The van der Waals surface area contributed by atoms with Crippen molar-refractivity contribution in [2.75, 3.05) is 5.32 Å². The maximum atomic E-state index is 12.7. The van der Waals surface area contributed by atoms with Crippen LogP contribution >= 0.6 is 11.3 Å². The van der Waals surface area contributed by atoms with Crippen LogP contribution in [0.2, 0.25) is 0 Å². The molecule has 1 aromatic heterocycles. The Morgan fingerprint density at radius 1 is 1.00 bits per heavy atom. The molecule has 4 rings (SSSR count). The van der Waals surface area contributed by atoms with Gasteiger partial charge in [0.25, 0.3) is 0 Å². The molecule has 0 aliphatic heterocycles. The van der Waals surface area contributed by atoms with Crippen molar-refractivity contribution in [3.05, 3.63) is 93.4 Å². The van der Waals surface area contributed by atoms with Crippen LogP contribution in [0.15, 0.2) is 66.7 Å². The third-order valence-electron chi connectivity index (χ3n) is 4.98. The number of alkyl halides is 3. The molecular formula is C24H19F3N2OS. The molecule has 0 atom stereocenters. The number of carbonyl (C=O) groups is 1. The van der Waals surface area contributed by atoms with Crippen LogP contribution in [-0.2, 0) is 23.8 Å². The summed E-state index contributed by atoms with van der Waals surface area (Å²) < 4.78 is 38.0. The number of anilines is 1. The number of carbonyl (C=O) groups excluding carboxylic acids is 1. The number of halogens is 3. The van der Waals surface area contributed by atoms with E-state index in [0.29, 0.717) is 12.1 Å². The van der Waals surface area contributed by atoms with E-state index >= 15 is 0 Å². The summed E-state index contributed by atoms with van der Waals surface area (Å²) in [5.41, 5.74) is 1.55. The molecule has 0 saturated heterocycles. The largest absolute Gasteiger partial charge is 0.416 e. The van der Waals surface area contributed by atoms with Crippen LogP contribution in [0.3, 0.4) is 0 Å². The topological polar surface area (TPSA) is 42.0 Å². The molecular weight excluding hydrogens is 421 g/mol. The molecule has 3 nitrogen and oxygen atoms in total. The Bertz CT molecular complexity index is 1220. The Kier molecular flexibility index (Phi) is 5.78. The van der Waals surface area contributed by atoms with Gasteiger partial charge in [0.1, 0.15) is 0 Å². The van der Waals surface area contributed by atoms with Gasteiger partial charge in [-0.2, -0.15) is 13.2 Å². The molecule has 0 unspecified atom stereocenters. The van der Waals surface area contributed by atoms with E-state index in [1.165, 1.54) is 39.8 Å². The molecule has 0 fully saturated rings. The standard InChI is InChI=1S/C24H19F3N2OS/c1-15-21(14-22(30)29-19-11-9-18(10-12-19)24(25,26)27)31-23(28-15)13-17-7-4-6-16-5-2-3-8-20(16)17/h2-12H,13-14H2,1H3,(H,29,30). The van der Waals surface area contributed by atoms with Crippen molar-refractivity contribution >= 4 is 33.7 Å². The molecule has 31 heavy (non-hydrogen) atoms. The molecule has 0 bridgehead atoms. The van der Waals surface area contributed by atoms with Crippen molar-refractivity contribution in [2.45, 2.75) is 25.9 Å². The SMILES string of the molecule is Cc1nc(Cc2cccc3ccccc23)sc1CC(=O)Nc1ccc(C(F)(F)F)cc1. The molecule has 1 heterocycles. The maximum Gasteiger partial charge on any atom is 0.416 e. The van der Waals surface area contributed by atoms with Crippen LogP contribution in [0.5, 0.6) is 0 Å². The van der Waals surface area contributed by atoms with Gasteiger partial charge in [0, 0.05) is 17.0 Å². The van der Waals surface area contributed by atoms with Gasteiger partial charge in [0.05, 0.1) is 22.7 Å². The van der Waals surface area contributed by atoms with Crippen molar-refractivity contribution in [3.63, 3.8) is 0 Å². The van der Waals surface area contributed by atoms with E-state index in [9.17, 15) is 18.0 Å². The molecule has 0 aliphatic rings. The first-order valence-electron chi connectivity index (χ1n) is 9.68. The fourth-order valence-corrected chi connectivity index (χ4v) is 4.52. The van der Waals surface area contributed by atoms with Crippen molar-refractivity contribution < 1.29 is 18.0 Å². The Balaban J connectivity index is 1.44. The summed E-state index contributed by atoms with van der Waals surface area (Å²) in [6.45, 7) is 1.86. The Morgan fingerprint density at radius 3 is 2.45 bits per heavy atom. The number of amides is 1. The number of hydrogen-bond donors (Lipinski definition) is 1. The molecule has 3 aromatic carbocycles. The van der Waals surface area contributed by atoms with Crippen LogP contribution < -0.4 is 5.32 Å². The normalized spacial score (nSPS) is 11.6. The number of nitrogens with one attached hydrogen (secondary N) is 1. The Hall–Kier alpha value is -3.19. The summed E-state index contributed by atoms with van der Waals surface area (Å²) in [6, 6.07) is 18.8. The van der Waals surface area contributed by atoms with Gasteiger partial charge < -0.3 is 5.32 Å². The van der Waals surface area contributed by atoms with Crippen LogP contribution in [0.25, 0.3) is 10.8 Å². The lowest BCUT2D eigenvalue weighted by molar-refractivity contribution is -0.137. The summed E-state index contributed by atoms with van der Waals surface area (Å²) >= 11 is 1.49. The molecule has 158 valence electrons. The average molecular weight is 440 g/mol. The van der Waals surface area contributed by atoms with Crippen LogP contribution in [-0.4, -0.2) is 10.9 Å². The van der Waals surface area contributed by atoms with Gasteiger partial charge in [-0.25, -0.2) is 4.98 Å². The highest BCUT2D eigenvalue weighted by atomic mass is 32.1. The smallest absolute Gasteiger partial charge is 0.326 e. The number of nitrogens with zero attached hydrogens (tertiary/aromatic N) is 1. The molecule has 0 spiro atoms. The highest BCUT2D eigenvalue weighted by Gasteiger charge is 2.30. The fourth-order valence-electron chi connectivity index (χ4n) is 3.43. The number of hydrogen-bond acceptors (Lipinski definition) is 3. The summed E-state index contributed by atoms with van der Waals surface area (Å²) in [7, 11) is 0. The highest BCUT2D eigenvalue weighted by Crippen LogP contribution is 2.30. The Labute approximate surface area is 181 Å². The van der Waals surface area contributed by atoms with E-state index in [1.807, 2.05) is 25.1 Å². The maximum absolute atomic E-state index is 12.7. The van der Waals surface area contributed by atoms with Crippen LogP contribution in [0, 0.1) is 6.92 Å². The molecule has 4 aromatic rings. The quantitative estimate of drug-likeness (QED) is 0.390. The highest BCUT2D eigenvalue weighted by molar-refractivity contribution is 7.11. The van der Waals surface area contributed by atoms with E-state index in [1.54, 1.807) is 0 Å². The molecule has 1 amide bonds.